The molecule has 1 rings (SSSR count). The van der Waals surface area contributed by atoms with Crippen LogP contribution in [0.4, 0.5) is 0 Å². The van der Waals surface area contributed by atoms with Crippen LogP contribution in [0.2, 0.25) is 0 Å². The average molecular weight is 311 g/mol. The van der Waals surface area contributed by atoms with Gasteiger partial charge in [0.1, 0.15) is 4.90 Å². The maximum Gasteiger partial charge on any atom is 0.244 e. The summed E-state index contributed by atoms with van der Waals surface area (Å²) in [5.41, 5.74) is 5.83. The van der Waals surface area contributed by atoms with Crippen LogP contribution in [0.25, 0.3) is 0 Å². The SMILES string of the molecule is CCN(C(C)COC)S(=O)(=O)c1cncc(C#CCN)c1. The Labute approximate surface area is 126 Å². The molecule has 0 spiro atoms. The third kappa shape index (κ3) is 4.51. The van der Waals surface area contributed by atoms with E-state index in [4.69, 9.17) is 10.5 Å². The number of methoxy groups -OCH3 is 1. The van der Waals surface area contributed by atoms with Crippen LogP contribution in [0.15, 0.2) is 23.4 Å². The Morgan fingerprint density at radius 2 is 2.19 bits per heavy atom. The number of ether oxygens (including phenoxy) is 1. The van der Waals surface area contributed by atoms with E-state index in [0.29, 0.717) is 18.7 Å². The molecule has 116 valence electrons. The molecule has 6 nitrogen and oxygen atoms in total. The minimum absolute atomic E-state index is 0.121. The molecule has 21 heavy (non-hydrogen) atoms. The first-order valence-electron chi connectivity index (χ1n) is 6.62. The van der Waals surface area contributed by atoms with Crippen LogP contribution in [0.1, 0.15) is 19.4 Å². The second-order valence-electron chi connectivity index (χ2n) is 4.43. The van der Waals surface area contributed by atoms with Gasteiger partial charge in [-0.2, -0.15) is 4.31 Å². The second-order valence-corrected chi connectivity index (χ2v) is 6.32. The lowest BCUT2D eigenvalue weighted by atomic mass is 10.3. The summed E-state index contributed by atoms with van der Waals surface area (Å²) in [7, 11) is -2.09. The van der Waals surface area contributed by atoms with Crippen molar-refractivity contribution in [2.75, 3.05) is 26.8 Å². The molecule has 1 atom stereocenters. The largest absolute Gasteiger partial charge is 0.383 e. The molecular formula is C14H21N3O3S. The average Bonchev–Trinajstić information content (AvgIpc) is 2.46. The Kier molecular flexibility index (Phi) is 6.78. The highest BCUT2D eigenvalue weighted by Crippen LogP contribution is 2.18. The summed E-state index contributed by atoms with van der Waals surface area (Å²) < 4.78 is 31.7. The summed E-state index contributed by atoms with van der Waals surface area (Å²) in [5, 5.41) is 0. The first-order chi connectivity index (χ1) is 9.97. The summed E-state index contributed by atoms with van der Waals surface area (Å²) in [6.45, 7) is 4.48. The molecule has 0 aliphatic heterocycles. The summed E-state index contributed by atoms with van der Waals surface area (Å²) in [4.78, 5) is 4.07. The van der Waals surface area contributed by atoms with Crippen molar-refractivity contribution in [2.45, 2.75) is 24.8 Å². The molecule has 0 radical (unpaired) electrons. The van der Waals surface area contributed by atoms with Gasteiger partial charge in [0.05, 0.1) is 13.2 Å². The fourth-order valence-electron chi connectivity index (χ4n) is 1.96. The Hall–Kier alpha value is -1.46. The molecule has 1 unspecified atom stereocenters. The lowest BCUT2D eigenvalue weighted by molar-refractivity contribution is 0.142. The molecule has 0 saturated carbocycles. The number of pyridine rings is 1. The van der Waals surface area contributed by atoms with E-state index in [-0.39, 0.29) is 17.5 Å². The fraction of sp³-hybridized carbons (Fsp3) is 0.500. The van der Waals surface area contributed by atoms with Gasteiger partial charge in [0.15, 0.2) is 0 Å². The lowest BCUT2D eigenvalue weighted by Crippen LogP contribution is -2.40. The summed E-state index contributed by atoms with van der Waals surface area (Å²) >= 11 is 0. The number of sulfonamides is 1. The molecule has 7 heteroatoms. The Bertz CT molecular complexity index is 620. The van der Waals surface area contributed by atoms with Crippen LogP contribution in [0, 0.1) is 11.8 Å². The van der Waals surface area contributed by atoms with Gasteiger partial charge in [-0.3, -0.25) is 4.98 Å². The molecule has 1 heterocycles. The number of hydrogen-bond donors (Lipinski definition) is 1. The van der Waals surface area contributed by atoms with E-state index in [9.17, 15) is 8.42 Å². The standard InChI is InChI=1S/C14H21N3O3S/c1-4-17(12(2)11-20-3)21(18,19)14-8-13(6-5-7-15)9-16-10-14/h8-10,12H,4,7,11,15H2,1-3H3. The van der Waals surface area contributed by atoms with Gasteiger partial charge in [0.25, 0.3) is 0 Å². The van der Waals surface area contributed by atoms with E-state index >= 15 is 0 Å². The number of rotatable bonds is 6. The molecule has 0 aliphatic carbocycles. The van der Waals surface area contributed by atoms with Gasteiger partial charge in [0, 0.05) is 37.7 Å². The molecule has 0 bridgehead atoms. The number of likely N-dealkylation sites (N-methyl/N-ethyl adjacent to an activating group) is 1. The second kappa shape index (κ2) is 8.10. The molecule has 0 aromatic carbocycles. The molecule has 0 amide bonds. The van der Waals surface area contributed by atoms with Crippen LogP contribution in [0.5, 0.6) is 0 Å². The summed E-state index contributed by atoms with van der Waals surface area (Å²) in [5.74, 6) is 5.46. The third-order valence-electron chi connectivity index (χ3n) is 2.87. The van der Waals surface area contributed by atoms with Crippen molar-refractivity contribution in [1.82, 2.24) is 9.29 Å². The van der Waals surface area contributed by atoms with Crippen molar-refractivity contribution in [2.24, 2.45) is 5.73 Å². The van der Waals surface area contributed by atoms with Crippen molar-refractivity contribution in [1.29, 1.82) is 0 Å². The van der Waals surface area contributed by atoms with E-state index in [1.807, 2.05) is 0 Å². The maximum absolute atomic E-state index is 12.7. The van der Waals surface area contributed by atoms with Gasteiger partial charge in [0.2, 0.25) is 10.0 Å². The van der Waals surface area contributed by atoms with Crippen LogP contribution in [0.3, 0.4) is 0 Å². The van der Waals surface area contributed by atoms with Gasteiger partial charge in [-0.25, -0.2) is 8.42 Å². The van der Waals surface area contributed by atoms with E-state index in [2.05, 4.69) is 16.8 Å². The topological polar surface area (TPSA) is 85.5 Å². The van der Waals surface area contributed by atoms with E-state index in [1.165, 1.54) is 22.8 Å². The highest BCUT2D eigenvalue weighted by molar-refractivity contribution is 7.89. The molecular weight excluding hydrogens is 290 g/mol. The van der Waals surface area contributed by atoms with Crippen molar-refractivity contribution in [3.63, 3.8) is 0 Å². The predicted molar refractivity (Wildman–Crippen MR) is 81.1 cm³/mol. The highest BCUT2D eigenvalue weighted by atomic mass is 32.2. The van der Waals surface area contributed by atoms with Crippen LogP contribution in [-0.2, 0) is 14.8 Å². The predicted octanol–water partition coefficient (Wildman–Crippen LogP) is 0.437. The fourth-order valence-corrected chi connectivity index (χ4v) is 3.57. The quantitative estimate of drug-likeness (QED) is 0.770. The van der Waals surface area contributed by atoms with Gasteiger partial charge in [-0.1, -0.05) is 18.8 Å². The van der Waals surface area contributed by atoms with E-state index in [0.717, 1.165) is 0 Å². The van der Waals surface area contributed by atoms with Crippen LogP contribution < -0.4 is 5.73 Å². The maximum atomic E-state index is 12.7. The molecule has 0 aliphatic rings. The zero-order valence-electron chi connectivity index (χ0n) is 12.5. The minimum atomic E-state index is -3.63. The van der Waals surface area contributed by atoms with Crippen molar-refractivity contribution < 1.29 is 13.2 Å². The Morgan fingerprint density at radius 3 is 2.76 bits per heavy atom. The van der Waals surface area contributed by atoms with Gasteiger partial charge in [-0.05, 0) is 13.0 Å². The number of nitrogens with two attached hydrogens (primary N) is 1. The van der Waals surface area contributed by atoms with Gasteiger partial charge < -0.3 is 10.5 Å². The highest BCUT2D eigenvalue weighted by Gasteiger charge is 2.28. The zero-order valence-corrected chi connectivity index (χ0v) is 13.4. The molecule has 0 fully saturated rings. The Morgan fingerprint density at radius 1 is 1.48 bits per heavy atom. The van der Waals surface area contributed by atoms with Crippen molar-refractivity contribution >= 4 is 10.0 Å². The van der Waals surface area contributed by atoms with Crippen molar-refractivity contribution in [3.05, 3.63) is 24.0 Å². The molecule has 1 aromatic rings. The molecule has 2 N–H and O–H groups in total. The van der Waals surface area contributed by atoms with E-state index in [1.54, 1.807) is 21.0 Å². The molecule has 0 saturated heterocycles. The summed E-state index contributed by atoms with van der Waals surface area (Å²) in [6, 6.07) is 1.25. The molecule has 1 aromatic heterocycles. The smallest absolute Gasteiger partial charge is 0.244 e. The number of hydrogen-bond acceptors (Lipinski definition) is 5. The minimum Gasteiger partial charge on any atom is -0.383 e. The first-order valence-corrected chi connectivity index (χ1v) is 8.06. The van der Waals surface area contributed by atoms with Gasteiger partial charge in [-0.15, -0.1) is 0 Å². The monoisotopic (exact) mass is 311 g/mol. The number of aromatic nitrogens is 1. The van der Waals surface area contributed by atoms with Crippen LogP contribution in [-0.4, -0.2) is 50.6 Å². The van der Waals surface area contributed by atoms with E-state index < -0.39 is 10.0 Å². The Balaban J connectivity index is 3.16. The van der Waals surface area contributed by atoms with Crippen molar-refractivity contribution in [3.8, 4) is 11.8 Å². The number of nitrogens with zero attached hydrogens (tertiary/aromatic N) is 2. The third-order valence-corrected chi connectivity index (χ3v) is 4.92. The normalized spacial score (nSPS) is 12.8. The first kappa shape index (κ1) is 17.6. The van der Waals surface area contributed by atoms with Crippen LogP contribution >= 0.6 is 0 Å². The zero-order chi connectivity index (χ0) is 15.9. The lowest BCUT2D eigenvalue weighted by Gasteiger charge is -2.26. The summed E-state index contributed by atoms with van der Waals surface area (Å²) in [6.07, 6.45) is 2.84. The van der Waals surface area contributed by atoms with Gasteiger partial charge >= 0.3 is 0 Å².